The van der Waals surface area contributed by atoms with E-state index < -0.39 is 21.0 Å². The zero-order chi connectivity index (χ0) is 16.0. The van der Waals surface area contributed by atoms with Crippen molar-refractivity contribution >= 4 is 15.7 Å². The molecule has 1 aromatic rings. The van der Waals surface area contributed by atoms with Crippen LogP contribution in [0.25, 0.3) is 0 Å². The van der Waals surface area contributed by atoms with Crippen LogP contribution in [-0.2, 0) is 21.2 Å². The van der Waals surface area contributed by atoms with E-state index in [4.69, 9.17) is 5.73 Å². The predicted molar refractivity (Wildman–Crippen MR) is 83.2 cm³/mol. The largest absolute Gasteiger partial charge is 0.340 e. The van der Waals surface area contributed by atoms with E-state index in [0.717, 1.165) is 17.4 Å². The van der Waals surface area contributed by atoms with E-state index in [0.29, 0.717) is 6.54 Å². The van der Waals surface area contributed by atoms with Crippen molar-refractivity contribution in [2.45, 2.75) is 18.7 Å². The Bertz CT molecular complexity index is 672. The topological polar surface area (TPSA) is 80.5 Å². The standard InChI is InChI=1S/C15H20N2O3S/c1-12(21(3,19)20)15(18)17(2)11-14-7-4-6-13(10-14)8-5-9-16/h4,6-7,10,12H,9,11,16H2,1-3H3. The number of carbonyl (C=O) groups excluding carboxylic acids is 1. The third-order valence-corrected chi connectivity index (χ3v) is 4.53. The number of hydrogen-bond donors (Lipinski definition) is 1. The molecule has 1 unspecified atom stereocenters. The molecule has 1 atom stereocenters. The first-order valence-electron chi connectivity index (χ1n) is 6.47. The summed E-state index contributed by atoms with van der Waals surface area (Å²) in [4.78, 5) is 13.5. The highest BCUT2D eigenvalue weighted by atomic mass is 32.2. The Morgan fingerprint density at radius 3 is 2.67 bits per heavy atom. The zero-order valence-electron chi connectivity index (χ0n) is 12.5. The van der Waals surface area contributed by atoms with Crippen molar-refractivity contribution in [2.24, 2.45) is 5.73 Å². The summed E-state index contributed by atoms with van der Waals surface area (Å²) < 4.78 is 22.8. The first-order valence-corrected chi connectivity index (χ1v) is 8.43. The molecular formula is C15H20N2O3S. The van der Waals surface area contributed by atoms with Crippen molar-refractivity contribution in [1.29, 1.82) is 0 Å². The lowest BCUT2D eigenvalue weighted by Gasteiger charge is -2.20. The number of carbonyl (C=O) groups is 1. The Kier molecular flexibility index (Phi) is 5.94. The van der Waals surface area contributed by atoms with Crippen LogP contribution in [0.4, 0.5) is 0 Å². The second-order valence-electron chi connectivity index (χ2n) is 4.87. The lowest BCUT2D eigenvalue weighted by Crippen LogP contribution is -2.38. The van der Waals surface area contributed by atoms with Crippen molar-refractivity contribution < 1.29 is 13.2 Å². The Balaban J connectivity index is 2.84. The molecule has 2 N–H and O–H groups in total. The summed E-state index contributed by atoms with van der Waals surface area (Å²) >= 11 is 0. The zero-order valence-corrected chi connectivity index (χ0v) is 13.3. The van der Waals surface area contributed by atoms with Crippen LogP contribution in [0, 0.1) is 11.8 Å². The lowest BCUT2D eigenvalue weighted by atomic mass is 10.1. The average molecular weight is 308 g/mol. The van der Waals surface area contributed by atoms with Gasteiger partial charge in [-0.1, -0.05) is 24.0 Å². The first kappa shape index (κ1) is 17.2. The van der Waals surface area contributed by atoms with Crippen LogP contribution in [0.1, 0.15) is 18.1 Å². The van der Waals surface area contributed by atoms with Crippen LogP contribution in [0.15, 0.2) is 24.3 Å². The van der Waals surface area contributed by atoms with E-state index >= 15 is 0 Å². The van der Waals surface area contributed by atoms with Gasteiger partial charge in [0, 0.05) is 25.4 Å². The second kappa shape index (κ2) is 7.25. The maximum absolute atomic E-state index is 12.1. The minimum absolute atomic E-state index is 0.286. The number of amides is 1. The molecule has 0 aliphatic heterocycles. The molecule has 114 valence electrons. The molecule has 0 heterocycles. The molecule has 0 fully saturated rings. The van der Waals surface area contributed by atoms with Gasteiger partial charge in [-0.15, -0.1) is 0 Å². The molecule has 5 nitrogen and oxygen atoms in total. The minimum atomic E-state index is -3.39. The summed E-state index contributed by atoms with van der Waals surface area (Å²) in [6.45, 7) is 2.02. The second-order valence-corrected chi connectivity index (χ2v) is 7.24. The van der Waals surface area contributed by atoms with Crippen LogP contribution in [-0.4, -0.2) is 44.3 Å². The number of nitrogens with two attached hydrogens (primary N) is 1. The van der Waals surface area contributed by atoms with E-state index in [1.54, 1.807) is 7.05 Å². The molecule has 0 saturated heterocycles. The Morgan fingerprint density at radius 1 is 1.43 bits per heavy atom. The van der Waals surface area contributed by atoms with Crippen molar-refractivity contribution in [3.8, 4) is 11.8 Å². The predicted octanol–water partition coefficient (Wildman–Crippen LogP) is 0.388. The normalized spacial score (nSPS) is 12.2. The SMILES string of the molecule is CC(C(=O)N(C)Cc1cccc(C#CCN)c1)S(C)(=O)=O. The molecule has 1 aromatic carbocycles. The number of sulfone groups is 1. The first-order chi connectivity index (χ1) is 9.75. The van der Waals surface area contributed by atoms with E-state index in [-0.39, 0.29) is 6.54 Å². The van der Waals surface area contributed by atoms with E-state index in [1.165, 1.54) is 11.8 Å². The smallest absolute Gasteiger partial charge is 0.240 e. The molecule has 0 radical (unpaired) electrons. The third kappa shape index (κ3) is 5.21. The Labute approximate surface area is 126 Å². The summed E-state index contributed by atoms with van der Waals surface area (Å²) in [7, 11) is -1.80. The highest BCUT2D eigenvalue weighted by Crippen LogP contribution is 2.10. The highest BCUT2D eigenvalue weighted by molar-refractivity contribution is 7.92. The van der Waals surface area contributed by atoms with Gasteiger partial charge in [0.15, 0.2) is 9.84 Å². The maximum Gasteiger partial charge on any atom is 0.240 e. The lowest BCUT2D eigenvalue weighted by molar-refractivity contribution is -0.129. The van der Waals surface area contributed by atoms with Crippen LogP contribution >= 0.6 is 0 Å². The van der Waals surface area contributed by atoms with Crippen molar-refractivity contribution in [2.75, 3.05) is 19.8 Å². The number of benzene rings is 1. The van der Waals surface area contributed by atoms with Crippen molar-refractivity contribution in [1.82, 2.24) is 4.90 Å². The molecule has 0 aliphatic rings. The molecular weight excluding hydrogens is 288 g/mol. The van der Waals surface area contributed by atoms with Gasteiger partial charge in [0.25, 0.3) is 0 Å². The van der Waals surface area contributed by atoms with Gasteiger partial charge in [0.2, 0.25) is 5.91 Å². The maximum atomic E-state index is 12.1. The van der Waals surface area contributed by atoms with Gasteiger partial charge in [-0.3, -0.25) is 4.79 Å². The summed E-state index contributed by atoms with van der Waals surface area (Å²) in [5.74, 6) is 5.26. The van der Waals surface area contributed by atoms with Gasteiger partial charge in [-0.05, 0) is 24.6 Å². The van der Waals surface area contributed by atoms with Crippen molar-refractivity contribution in [3.05, 3.63) is 35.4 Å². The Morgan fingerprint density at radius 2 is 2.10 bits per heavy atom. The highest BCUT2D eigenvalue weighted by Gasteiger charge is 2.26. The molecule has 0 aromatic heterocycles. The van der Waals surface area contributed by atoms with Gasteiger partial charge in [0.05, 0.1) is 6.54 Å². The van der Waals surface area contributed by atoms with Crippen LogP contribution < -0.4 is 5.73 Å². The summed E-state index contributed by atoms with van der Waals surface area (Å²) in [5, 5.41) is -1.04. The Hall–Kier alpha value is -1.84. The van der Waals surface area contributed by atoms with E-state index in [2.05, 4.69) is 11.8 Å². The summed E-state index contributed by atoms with van der Waals surface area (Å²) in [6.07, 6.45) is 1.06. The molecule has 0 saturated carbocycles. The monoisotopic (exact) mass is 308 g/mol. The van der Waals surface area contributed by atoms with Gasteiger partial charge >= 0.3 is 0 Å². The molecule has 0 bridgehead atoms. The van der Waals surface area contributed by atoms with Crippen LogP contribution in [0.3, 0.4) is 0 Å². The summed E-state index contributed by atoms with van der Waals surface area (Å²) in [6, 6.07) is 7.42. The van der Waals surface area contributed by atoms with Crippen LogP contribution in [0.5, 0.6) is 0 Å². The summed E-state index contributed by atoms with van der Waals surface area (Å²) in [5.41, 5.74) is 7.02. The fourth-order valence-electron chi connectivity index (χ4n) is 1.75. The van der Waals surface area contributed by atoms with Gasteiger partial charge in [-0.2, -0.15) is 0 Å². The quantitative estimate of drug-likeness (QED) is 0.816. The average Bonchev–Trinajstić information content (AvgIpc) is 2.42. The third-order valence-electron chi connectivity index (χ3n) is 3.05. The molecule has 1 amide bonds. The fourth-order valence-corrected chi connectivity index (χ4v) is 2.29. The molecule has 0 aliphatic carbocycles. The molecule has 21 heavy (non-hydrogen) atoms. The number of nitrogens with zero attached hydrogens (tertiary/aromatic N) is 1. The number of rotatable bonds is 4. The van der Waals surface area contributed by atoms with Gasteiger partial charge in [0.1, 0.15) is 5.25 Å². The van der Waals surface area contributed by atoms with Crippen molar-refractivity contribution in [3.63, 3.8) is 0 Å². The van der Waals surface area contributed by atoms with E-state index in [9.17, 15) is 13.2 Å². The minimum Gasteiger partial charge on any atom is -0.340 e. The molecule has 0 spiro atoms. The molecule has 6 heteroatoms. The van der Waals surface area contributed by atoms with E-state index in [1.807, 2.05) is 24.3 Å². The van der Waals surface area contributed by atoms with Gasteiger partial charge in [-0.25, -0.2) is 8.42 Å². The number of hydrogen-bond acceptors (Lipinski definition) is 4. The fraction of sp³-hybridized carbons (Fsp3) is 0.400. The van der Waals surface area contributed by atoms with Gasteiger partial charge < -0.3 is 10.6 Å². The molecule has 1 rings (SSSR count). The van der Waals surface area contributed by atoms with Crippen LogP contribution in [0.2, 0.25) is 0 Å².